The van der Waals surface area contributed by atoms with Crippen LogP contribution in [0.3, 0.4) is 0 Å². The quantitative estimate of drug-likeness (QED) is 0.444. The number of carboxylic acids is 1. The summed E-state index contributed by atoms with van der Waals surface area (Å²) in [4.78, 5) is 13.2. The summed E-state index contributed by atoms with van der Waals surface area (Å²) in [7, 11) is -4.02. The molecule has 3 aromatic carbocycles. The molecule has 0 amide bonds. The third kappa shape index (κ3) is 4.51. The summed E-state index contributed by atoms with van der Waals surface area (Å²) in [6.07, 6.45) is 0.597. The van der Waals surface area contributed by atoms with Crippen LogP contribution in [0.5, 0.6) is 11.5 Å². The van der Waals surface area contributed by atoms with E-state index in [1.807, 2.05) is 54.6 Å². The van der Waals surface area contributed by atoms with Gasteiger partial charge in [-0.1, -0.05) is 54.2 Å². The summed E-state index contributed by atoms with van der Waals surface area (Å²) >= 11 is 1.41. The van der Waals surface area contributed by atoms with Gasteiger partial charge in [-0.3, -0.25) is 4.79 Å². The molecule has 2 N–H and O–H groups in total. The highest BCUT2D eigenvalue weighted by atomic mass is 32.2. The average molecular weight is 442 g/mol. The largest absolute Gasteiger partial charge is 0.480 e. The van der Waals surface area contributed by atoms with Crippen molar-refractivity contribution in [3.8, 4) is 11.5 Å². The average Bonchev–Trinajstić information content (AvgIpc) is 2.75. The first-order valence-corrected chi connectivity index (χ1v) is 11.6. The van der Waals surface area contributed by atoms with E-state index in [2.05, 4.69) is 4.72 Å². The number of para-hydroxylation sites is 1. The number of nitrogens with one attached hydrogen (secondary N) is 1. The zero-order valence-electron chi connectivity index (χ0n) is 15.8. The Morgan fingerprint density at radius 3 is 2.43 bits per heavy atom. The molecule has 30 heavy (non-hydrogen) atoms. The molecule has 0 bridgehead atoms. The Labute approximate surface area is 179 Å². The van der Waals surface area contributed by atoms with Crippen molar-refractivity contribution in [1.82, 2.24) is 4.72 Å². The molecule has 1 aliphatic heterocycles. The molecule has 6 nitrogen and oxygen atoms in total. The second-order valence-electron chi connectivity index (χ2n) is 6.80. The van der Waals surface area contributed by atoms with Crippen molar-refractivity contribution >= 4 is 27.8 Å². The smallest absolute Gasteiger partial charge is 0.321 e. The first-order valence-electron chi connectivity index (χ1n) is 9.30. The summed E-state index contributed by atoms with van der Waals surface area (Å²) in [5, 5.41) is 9.51. The van der Waals surface area contributed by atoms with Crippen LogP contribution in [-0.4, -0.2) is 25.5 Å². The minimum atomic E-state index is -4.02. The highest BCUT2D eigenvalue weighted by Gasteiger charge is 2.27. The normalized spacial score (nSPS) is 13.6. The fourth-order valence-electron chi connectivity index (χ4n) is 3.12. The standard InChI is InChI=1S/C22H19NO5S2/c24-22(25)17(12-10-15-6-2-1-3-7-15)23-30(26,27)16-11-13-19-21(14-16)29-20-9-5-4-8-18(20)28-19/h1-9,11,13-14,17,23H,10,12H2,(H,24,25). The molecule has 154 valence electrons. The molecule has 0 saturated carbocycles. The monoisotopic (exact) mass is 441 g/mol. The zero-order valence-corrected chi connectivity index (χ0v) is 17.4. The lowest BCUT2D eigenvalue weighted by Gasteiger charge is -2.20. The molecule has 1 heterocycles. The lowest BCUT2D eigenvalue weighted by atomic mass is 10.1. The van der Waals surface area contributed by atoms with Crippen molar-refractivity contribution in [3.05, 3.63) is 78.4 Å². The maximum atomic E-state index is 12.9. The number of hydrogen-bond acceptors (Lipinski definition) is 5. The van der Waals surface area contributed by atoms with Crippen molar-refractivity contribution in [3.63, 3.8) is 0 Å². The van der Waals surface area contributed by atoms with E-state index in [1.54, 1.807) is 6.07 Å². The van der Waals surface area contributed by atoms with E-state index in [0.29, 0.717) is 17.1 Å². The van der Waals surface area contributed by atoms with Crippen molar-refractivity contribution < 1.29 is 23.1 Å². The molecule has 3 aromatic rings. The van der Waals surface area contributed by atoms with Gasteiger partial charge < -0.3 is 9.84 Å². The fraction of sp³-hybridized carbons (Fsp3) is 0.136. The number of ether oxygens (including phenoxy) is 1. The predicted molar refractivity (Wildman–Crippen MR) is 114 cm³/mol. The van der Waals surface area contributed by atoms with Gasteiger partial charge in [-0.15, -0.1) is 0 Å². The summed E-state index contributed by atoms with van der Waals surface area (Å²) in [6.45, 7) is 0. The Balaban J connectivity index is 1.52. The lowest BCUT2D eigenvalue weighted by Crippen LogP contribution is -2.41. The van der Waals surface area contributed by atoms with Gasteiger partial charge in [0.15, 0.2) is 0 Å². The Morgan fingerprint density at radius 1 is 0.967 bits per heavy atom. The molecule has 0 radical (unpaired) electrons. The van der Waals surface area contributed by atoms with Crippen LogP contribution in [0.25, 0.3) is 0 Å². The predicted octanol–water partition coefficient (Wildman–Crippen LogP) is 4.31. The maximum Gasteiger partial charge on any atom is 0.321 e. The molecular formula is C22H19NO5S2. The Kier molecular flexibility index (Phi) is 5.80. The van der Waals surface area contributed by atoms with E-state index < -0.39 is 22.0 Å². The van der Waals surface area contributed by atoms with E-state index in [9.17, 15) is 18.3 Å². The van der Waals surface area contributed by atoms with Crippen molar-refractivity contribution in [1.29, 1.82) is 0 Å². The van der Waals surface area contributed by atoms with Gasteiger partial charge in [0.1, 0.15) is 17.5 Å². The number of benzene rings is 3. The summed E-state index contributed by atoms with van der Waals surface area (Å²) in [6, 6.07) is 20.1. The molecule has 0 aromatic heterocycles. The zero-order chi connectivity index (χ0) is 21.1. The van der Waals surface area contributed by atoms with Gasteiger partial charge in [0.2, 0.25) is 10.0 Å². The van der Waals surface area contributed by atoms with Crippen molar-refractivity contribution in [2.75, 3.05) is 0 Å². The summed E-state index contributed by atoms with van der Waals surface area (Å²) in [5.74, 6) is 0.0752. The number of hydrogen-bond donors (Lipinski definition) is 2. The van der Waals surface area contributed by atoms with Crippen LogP contribution < -0.4 is 9.46 Å². The van der Waals surface area contributed by atoms with E-state index in [4.69, 9.17) is 4.74 Å². The molecule has 0 aliphatic carbocycles. The highest BCUT2D eigenvalue weighted by molar-refractivity contribution is 7.99. The first-order chi connectivity index (χ1) is 14.4. The van der Waals surface area contributed by atoms with Crippen LogP contribution >= 0.6 is 11.8 Å². The van der Waals surface area contributed by atoms with E-state index in [1.165, 1.54) is 23.9 Å². The lowest BCUT2D eigenvalue weighted by molar-refractivity contribution is -0.139. The number of carbonyl (C=O) groups is 1. The third-order valence-electron chi connectivity index (χ3n) is 4.67. The van der Waals surface area contributed by atoms with Crippen LogP contribution in [-0.2, 0) is 21.2 Å². The fourth-order valence-corrected chi connectivity index (χ4v) is 5.43. The van der Waals surface area contributed by atoms with Gasteiger partial charge in [0.05, 0.1) is 14.7 Å². The van der Waals surface area contributed by atoms with Gasteiger partial charge in [-0.25, -0.2) is 8.42 Å². The minimum absolute atomic E-state index is 0.00249. The minimum Gasteiger partial charge on any atom is -0.480 e. The van der Waals surface area contributed by atoms with Gasteiger partial charge in [-0.05, 0) is 48.7 Å². The number of aliphatic carboxylic acids is 1. The molecular weight excluding hydrogens is 422 g/mol. The molecule has 1 aliphatic rings. The van der Waals surface area contributed by atoms with E-state index in [-0.39, 0.29) is 11.3 Å². The number of fused-ring (bicyclic) bond motifs is 2. The van der Waals surface area contributed by atoms with Crippen LogP contribution in [0.2, 0.25) is 0 Å². The molecule has 0 fully saturated rings. The Hall–Kier alpha value is -2.81. The van der Waals surface area contributed by atoms with E-state index in [0.717, 1.165) is 16.2 Å². The van der Waals surface area contributed by atoms with Gasteiger partial charge in [-0.2, -0.15) is 4.72 Å². The molecule has 1 atom stereocenters. The number of rotatable bonds is 7. The second-order valence-corrected chi connectivity index (χ2v) is 9.59. The van der Waals surface area contributed by atoms with Gasteiger partial charge in [0.25, 0.3) is 0 Å². The van der Waals surface area contributed by atoms with E-state index >= 15 is 0 Å². The number of aryl methyl sites for hydroxylation is 1. The molecule has 1 unspecified atom stereocenters. The Bertz CT molecular complexity index is 1180. The van der Waals surface area contributed by atoms with Crippen molar-refractivity contribution in [2.45, 2.75) is 33.6 Å². The first kappa shape index (κ1) is 20.5. The maximum absolute atomic E-state index is 12.9. The van der Waals surface area contributed by atoms with Crippen LogP contribution in [0.1, 0.15) is 12.0 Å². The number of sulfonamides is 1. The Morgan fingerprint density at radius 2 is 1.67 bits per heavy atom. The highest BCUT2D eigenvalue weighted by Crippen LogP contribution is 2.47. The summed E-state index contributed by atoms with van der Waals surface area (Å²) in [5.41, 5.74) is 0.948. The van der Waals surface area contributed by atoms with Gasteiger partial charge >= 0.3 is 5.97 Å². The van der Waals surface area contributed by atoms with Gasteiger partial charge in [0, 0.05) is 0 Å². The van der Waals surface area contributed by atoms with Crippen LogP contribution in [0.15, 0.2) is 87.5 Å². The molecule has 8 heteroatoms. The van der Waals surface area contributed by atoms with Crippen molar-refractivity contribution in [2.24, 2.45) is 0 Å². The van der Waals surface area contributed by atoms with Crippen LogP contribution in [0.4, 0.5) is 0 Å². The third-order valence-corrected chi connectivity index (χ3v) is 7.24. The molecule has 0 spiro atoms. The molecule has 4 rings (SSSR count). The topological polar surface area (TPSA) is 92.7 Å². The number of carboxylic acid groups (broad SMARTS) is 1. The second kappa shape index (κ2) is 8.51. The SMILES string of the molecule is O=C(O)C(CCc1ccccc1)NS(=O)(=O)c1ccc2c(c1)Sc1ccccc1O2. The molecule has 0 saturated heterocycles. The van der Waals surface area contributed by atoms with Crippen LogP contribution in [0, 0.1) is 0 Å². The summed E-state index contributed by atoms with van der Waals surface area (Å²) < 4.78 is 33.9.